The van der Waals surface area contributed by atoms with Crippen LogP contribution in [0.1, 0.15) is 22.3 Å². The molecule has 52 heavy (non-hydrogen) atoms. The Labute approximate surface area is 300 Å². The van der Waals surface area contributed by atoms with Crippen LogP contribution in [-0.4, -0.2) is 24.3 Å². The van der Waals surface area contributed by atoms with Crippen LogP contribution in [0.5, 0.6) is 11.5 Å². The zero-order valence-electron chi connectivity index (χ0n) is 28.0. The predicted octanol–water partition coefficient (Wildman–Crippen LogP) is 10.4. The van der Waals surface area contributed by atoms with Gasteiger partial charge in [0.2, 0.25) is 0 Å². The van der Waals surface area contributed by atoms with Crippen LogP contribution in [0.25, 0.3) is 45.2 Å². The number of nitrogens with zero attached hydrogens (tertiary/aromatic N) is 5. The van der Waals surface area contributed by atoms with Crippen molar-refractivity contribution in [2.45, 2.75) is 5.41 Å². The molecule has 6 heteroatoms. The average Bonchev–Trinajstić information content (AvgIpc) is 3.86. The highest BCUT2D eigenvalue weighted by atomic mass is 16.5. The molecule has 0 radical (unpaired) electrons. The molecule has 246 valence electrons. The van der Waals surface area contributed by atoms with Crippen molar-refractivity contribution < 1.29 is 4.74 Å². The quantitative estimate of drug-likeness (QED) is 0.177. The molecule has 10 rings (SSSR count). The Morgan fingerprint density at radius 1 is 0.500 bits per heavy atom. The number of hydrogen-bond donors (Lipinski definition) is 0. The molecule has 0 atom stereocenters. The molecule has 0 spiro atoms. The monoisotopic (exact) mass is 669 g/mol. The van der Waals surface area contributed by atoms with Crippen molar-refractivity contribution in [3.8, 4) is 45.6 Å². The summed E-state index contributed by atoms with van der Waals surface area (Å²) in [6, 6.07) is 63.0. The molecule has 6 nitrogen and oxygen atoms in total. The number of fused-ring (bicyclic) bond motifs is 3. The first-order chi connectivity index (χ1) is 25.8. The van der Waals surface area contributed by atoms with E-state index in [1.165, 1.54) is 11.1 Å². The van der Waals surface area contributed by atoms with Crippen molar-refractivity contribution in [3.05, 3.63) is 211 Å². The van der Waals surface area contributed by atoms with Crippen molar-refractivity contribution in [1.29, 1.82) is 0 Å². The van der Waals surface area contributed by atoms with E-state index in [9.17, 15) is 0 Å². The van der Waals surface area contributed by atoms with E-state index in [4.69, 9.17) is 14.9 Å². The normalized spacial score (nSPS) is 12.9. The van der Waals surface area contributed by atoms with E-state index in [0.29, 0.717) is 5.82 Å². The number of aromatic nitrogens is 5. The Morgan fingerprint density at radius 3 is 1.90 bits per heavy atom. The second-order valence-corrected chi connectivity index (χ2v) is 12.9. The van der Waals surface area contributed by atoms with Crippen LogP contribution >= 0.6 is 0 Å². The number of imidazole rings is 1. The third-order valence-corrected chi connectivity index (χ3v) is 10.1. The predicted molar refractivity (Wildman–Crippen MR) is 205 cm³/mol. The first-order valence-corrected chi connectivity index (χ1v) is 17.4. The standard InChI is InChI=1S/C46H31N5O/c1-4-16-33(17-5-1)46(34-18-6-2-7-19-34)37-23-11-15-27-42(37)52-43-30-32(28-29-38(43)46)44-48-49-45(51(44)35-20-8-3-9-21-35)36-22-10-13-25-40(36)50-31-47-39-24-12-14-26-41(39)50/h1-31H. The van der Waals surface area contributed by atoms with Gasteiger partial charge in [0, 0.05) is 27.9 Å². The summed E-state index contributed by atoms with van der Waals surface area (Å²) in [5, 5.41) is 9.80. The van der Waals surface area contributed by atoms with Gasteiger partial charge < -0.3 is 4.74 Å². The van der Waals surface area contributed by atoms with Crippen LogP contribution in [0.15, 0.2) is 188 Å². The smallest absolute Gasteiger partial charge is 0.170 e. The van der Waals surface area contributed by atoms with E-state index >= 15 is 0 Å². The zero-order valence-corrected chi connectivity index (χ0v) is 28.0. The lowest BCUT2D eigenvalue weighted by Gasteiger charge is -2.41. The molecule has 3 heterocycles. The lowest BCUT2D eigenvalue weighted by atomic mass is 9.63. The number of para-hydroxylation sites is 5. The molecule has 9 aromatic rings. The van der Waals surface area contributed by atoms with Gasteiger partial charge in [0.15, 0.2) is 11.6 Å². The van der Waals surface area contributed by atoms with Crippen molar-refractivity contribution in [2.75, 3.05) is 0 Å². The Kier molecular flexibility index (Phi) is 6.93. The Bertz CT molecular complexity index is 2680. The molecule has 0 saturated carbocycles. The van der Waals surface area contributed by atoms with E-state index in [2.05, 4.69) is 142 Å². The summed E-state index contributed by atoms with van der Waals surface area (Å²) in [7, 11) is 0. The highest BCUT2D eigenvalue weighted by Gasteiger charge is 2.45. The summed E-state index contributed by atoms with van der Waals surface area (Å²) in [5.41, 5.74) is 9.60. The number of rotatable bonds is 6. The largest absolute Gasteiger partial charge is 0.457 e. The van der Waals surface area contributed by atoms with Gasteiger partial charge in [0.05, 0.1) is 22.1 Å². The molecular formula is C46H31N5O. The first kappa shape index (κ1) is 29.8. The Balaban J connectivity index is 1.20. The van der Waals surface area contributed by atoms with Gasteiger partial charge in [-0.15, -0.1) is 10.2 Å². The van der Waals surface area contributed by atoms with Gasteiger partial charge in [-0.25, -0.2) is 4.98 Å². The molecule has 1 aliphatic rings. The second-order valence-electron chi connectivity index (χ2n) is 12.9. The summed E-state index contributed by atoms with van der Waals surface area (Å²) in [6.45, 7) is 0. The fourth-order valence-corrected chi connectivity index (χ4v) is 7.84. The van der Waals surface area contributed by atoms with Gasteiger partial charge in [-0.3, -0.25) is 9.13 Å². The highest BCUT2D eigenvalue weighted by molar-refractivity contribution is 5.81. The summed E-state index contributed by atoms with van der Waals surface area (Å²) < 4.78 is 11.1. The maximum absolute atomic E-state index is 6.82. The Morgan fingerprint density at radius 2 is 1.12 bits per heavy atom. The van der Waals surface area contributed by atoms with Gasteiger partial charge in [-0.05, 0) is 59.7 Å². The van der Waals surface area contributed by atoms with Gasteiger partial charge >= 0.3 is 0 Å². The van der Waals surface area contributed by atoms with E-state index in [1.807, 2.05) is 60.9 Å². The molecule has 0 unspecified atom stereocenters. The van der Waals surface area contributed by atoms with E-state index in [1.54, 1.807) is 0 Å². The van der Waals surface area contributed by atoms with Crippen molar-refractivity contribution in [3.63, 3.8) is 0 Å². The third kappa shape index (κ3) is 4.55. The minimum atomic E-state index is -0.601. The maximum atomic E-state index is 6.82. The van der Waals surface area contributed by atoms with Gasteiger partial charge in [-0.1, -0.05) is 133 Å². The van der Waals surface area contributed by atoms with Crippen LogP contribution in [-0.2, 0) is 5.41 Å². The van der Waals surface area contributed by atoms with E-state index in [0.717, 1.165) is 62.0 Å². The van der Waals surface area contributed by atoms with E-state index in [-0.39, 0.29) is 0 Å². The summed E-state index contributed by atoms with van der Waals surface area (Å²) in [5.74, 6) is 3.04. The molecule has 2 aromatic heterocycles. The fourth-order valence-electron chi connectivity index (χ4n) is 7.84. The van der Waals surface area contributed by atoms with Crippen molar-refractivity contribution in [1.82, 2.24) is 24.3 Å². The van der Waals surface area contributed by atoms with Crippen LogP contribution < -0.4 is 4.74 Å². The minimum Gasteiger partial charge on any atom is -0.457 e. The first-order valence-electron chi connectivity index (χ1n) is 17.4. The molecule has 7 aromatic carbocycles. The highest BCUT2D eigenvalue weighted by Crippen LogP contribution is 2.55. The molecule has 0 N–H and O–H groups in total. The third-order valence-electron chi connectivity index (χ3n) is 10.1. The zero-order chi connectivity index (χ0) is 34.5. The molecule has 0 bridgehead atoms. The number of benzene rings is 7. The molecule has 0 fully saturated rings. The van der Waals surface area contributed by atoms with Gasteiger partial charge in [0.25, 0.3) is 0 Å². The van der Waals surface area contributed by atoms with Gasteiger partial charge in [-0.2, -0.15) is 0 Å². The van der Waals surface area contributed by atoms with Crippen LogP contribution in [0.4, 0.5) is 0 Å². The minimum absolute atomic E-state index is 0.601. The van der Waals surface area contributed by atoms with Gasteiger partial charge in [0.1, 0.15) is 17.8 Å². The number of ether oxygens (including phenoxy) is 1. The summed E-state index contributed by atoms with van der Waals surface area (Å²) in [6.07, 6.45) is 1.87. The molecular weight excluding hydrogens is 639 g/mol. The maximum Gasteiger partial charge on any atom is 0.170 e. The van der Waals surface area contributed by atoms with Crippen LogP contribution in [0.3, 0.4) is 0 Å². The molecule has 1 aliphatic heterocycles. The molecule has 0 amide bonds. The summed E-state index contributed by atoms with van der Waals surface area (Å²) >= 11 is 0. The topological polar surface area (TPSA) is 57.8 Å². The second kappa shape index (κ2) is 12.1. The molecule has 0 aliphatic carbocycles. The number of hydrogen-bond acceptors (Lipinski definition) is 4. The lowest BCUT2D eigenvalue weighted by molar-refractivity contribution is 0.434. The van der Waals surface area contributed by atoms with E-state index < -0.39 is 5.41 Å². The Hall–Kier alpha value is -7.05. The van der Waals surface area contributed by atoms with Crippen molar-refractivity contribution >= 4 is 11.0 Å². The SMILES string of the molecule is c1ccc(-n2c(-c3ccc4c(c3)Oc3ccccc3C4(c3ccccc3)c3ccccc3)nnc2-c2ccccc2-n2cnc3ccccc32)cc1. The fraction of sp³-hybridized carbons (Fsp3) is 0.0217. The van der Waals surface area contributed by atoms with Crippen LogP contribution in [0, 0.1) is 0 Å². The lowest BCUT2D eigenvalue weighted by Crippen LogP contribution is -2.34. The summed E-state index contributed by atoms with van der Waals surface area (Å²) in [4.78, 5) is 4.68. The average molecular weight is 670 g/mol. The van der Waals surface area contributed by atoms with Crippen LogP contribution in [0.2, 0.25) is 0 Å². The molecule has 0 saturated heterocycles. The van der Waals surface area contributed by atoms with Crippen molar-refractivity contribution in [2.24, 2.45) is 0 Å².